The molecular weight excluding hydrogens is 342 g/mol. The number of hydrogen-bond donors (Lipinski definition) is 1. The van der Waals surface area contributed by atoms with Crippen molar-refractivity contribution in [2.75, 3.05) is 20.3 Å². The van der Waals surface area contributed by atoms with Gasteiger partial charge < -0.3 is 14.2 Å². The molecule has 2 fully saturated rings. The zero-order valence-corrected chi connectivity index (χ0v) is 15.9. The summed E-state index contributed by atoms with van der Waals surface area (Å²) in [5, 5.41) is 0. The first-order valence-corrected chi connectivity index (χ1v) is 10.3. The molecule has 1 heterocycles. The third-order valence-electron chi connectivity index (χ3n) is 5.01. The number of aryl methyl sites for hydroxylation is 2. The highest BCUT2D eigenvalue weighted by molar-refractivity contribution is 7.89. The SMILES string of the molecule is COc1cc(C)c(S(=O)(=O)NC[C@H]2COC3(CCCCC3)O2)cc1C. The van der Waals surface area contributed by atoms with Gasteiger partial charge in [0.1, 0.15) is 5.75 Å². The van der Waals surface area contributed by atoms with E-state index in [1.54, 1.807) is 26.2 Å². The van der Waals surface area contributed by atoms with Crippen molar-refractivity contribution in [2.24, 2.45) is 0 Å². The zero-order chi connectivity index (χ0) is 18.1. The van der Waals surface area contributed by atoms with E-state index in [0.717, 1.165) is 31.2 Å². The summed E-state index contributed by atoms with van der Waals surface area (Å²) >= 11 is 0. The fourth-order valence-electron chi connectivity index (χ4n) is 3.62. The molecule has 0 unspecified atom stereocenters. The summed E-state index contributed by atoms with van der Waals surface area (Å²) in [4.78, 5) is 0.275. The Hall–Kier alpha value is -1.15. The van der Waals surface area contributed by atoms with Crippen LogP contribution < -0.4 is 9.46 Å². The van der Waals surface area contributed by atoms with Crippen LogP contribution >= 0.6 is 0 Å². The number of hydrogen-bond acceptors (Lipinski definition) is 5. The number of sulfonamides is 1. The van der Waals surface area contributed by atoms with E-state index in [1.807, 2.05) is 6.92 Å². The van der Waals surface area contributed by atoms with Crippen LogP contribution in [0.5, 0.6) is 5.75 Å². The molecule has 6 nitrogen and oxygen atoms in total. The highest BCUT2D eigenvalue weighted by Gasteiger charge is 2.42. The van der Waals surface area contributed by atoms with Crippen molar-refractivity contribution in [3.63, 3.8) is 0 Å². The standard InChI is InChI=1S/C18H27NO5S/c1-13-10-17(14(2)9-16(13)22-3)25(20,21)19-11-15-12-23-18(24-15)7-5-4-6-8-18/h9-10,15,19H,4-8,11-12H2,1-3H3/t15-/m0/s1. The number of rotatable bonds is 5. The Balaban J connectivity index is 1.66. The molecule has 0 aromatic heterocycles. The van der Waals surface area contributed by atoms with E-state index in [2.05, 4.69) is 4.72 Å². The number of ether oxygens (including phenoxy) is 3. The minimum Gasteiger partial charge on any atom is -0.496 e. The van der Waals surface area contributed by atoms with Crippen molar-refractivity contribution in [3.8, 4) is 5.75 Å². The van der Waals surface area contributed by atoms with Crippen molar-refractivity contribution in [2.45, 2.75) is 62.7 Å². The number of benzene rings is 1. The van der Waals surface area contributed by atoms with Crippen LogP contribution in [-0.2, 0) is 19.5 Å². The summed E-state index contributed by atoms with van der Waals surface area (Å²) in [5.74, 6) is 0.198. The van der Waals surface area contributed by atoms with Crippen LogP contribution in [-0.4, -0.2) is 40.6 Å². The van der Waals surface area contributed by atoms with E-state index < -0.39 is 15.8 Å². The van der Waals surface area contributed by atoms with Crippen LogP contribution in [0, 0.1) is 13.8 Å². The molecule has 1 N–H and O–H groups in total. The molecule has 25 heavy (non-hydrogen) atoms. The minimum absolute atomic E-state index is 0.217. The topological polar surface area (TPSA) is 73.9 Å². The maximum atomic E-state index is 12.7. The van der Waals surface area contributed by atoms with Gasteiger partial charge in [-0.05, 0) is 49.9 Å². The molecule has 1 aromatic rings. The van der Waals surface area contributed by atoms with Crippen molar-refractivity contribution < 1.29 is 22.6 Å². The molecule has 0 amide bonds. The lowest BCUT2D eigenvalue weighted by atomic mass is 9.94. The second-order valence-electron chi connectivity index (χ2n) is 6.96. The molecule has 1 aromatic carbocycles. The summed E-state index contributed by atoms with van der Waals surface area (Å²) < 4.78 is 45.2. The fraction of sp³-hybridized carbons (Fsp3) is 0.667. The van der Waals surface area contributed by atoms with E-state index in [0.29, 0.717) is 17.9 Å². The molecule has 140 valence electrons. The molecule has 1 aliphatic heterocycles. The van der Waals surface area contributed by atoms with Gasteiger partial charge in [0.25, 0.3) is 0 Å². The average Bonchev–Trinajstić information content (AvgIpc) is 2.98. The molecule has 1 saturated carbocycles. The van der Waals surface area contributed by atoms with Gasteiger partial charge in [0.2, 0.25) is 10.0 Å². The molecular formula is C18H27NO5S. The minimum atomic E-state index is -3.61. The van der Waals surface area contributed by atoms with Gasteiger partial charge >= 0.3 is 0 Å². The zero-order valence-electron chi connectivity index (χ0n) is 15.1. The number of nitrogens with one attached hydrogen (secondary N) is 1. The van der Waals surface area contributed by atoms with Crippen molar-refractivity contribution in [3.05, 3.63) is 23.3 Å². The molecule has 2 aliphatic rings. The molecule has 1 saturated heterocycles. The molecule has 7 heteroatoms. The van der Waals surface area contributed by atoms with Gasteiger partial charge in [-0.2, -0.15) is 0 Å². The van der Waals surface area contributed by atoms with Gasteiger partial charge in [-0.1, -0.05) is 6.42 Å². The van der Waals surface area contributed by atoms with Crippen molar-refractivity contribution in [1.29, 1.82) is 0 Å². The Bertz CT molecular complexity index is 725. The quantitative estimate of drug-likeness (QED) is 0.864. The Kier molecular flexibility index (Phi) is 5.39. The normalized spacial score (nSPS) is 23.1. The highest BCUT2D eigenvalue weighted by atomic mass is 32.2. The Labute approximate surface area is 149 Å². The lowest BCUT2D eigenvalue weighted by molar-refractivity contribution is -0.186. The largest absolute Gasteiger partial charge is 0.496 e. The molecule has 1 atom stereocenters. The fourth-order valence-corrected chi connectivity index (χ4v) is 5.00. The Morgan fingerprint density at radius 2 is 1.92 bits per heavy atom. The van der Waals surface area contributed by atoms with Gasteiger partial charge in [-0.25, -0.2) is 13.1 Å². The van der Waals surface area contributed by atoms with E-state index in [-0.39, 0.29) is 17.5 Å². The maximum Gasteiger partial charge on any atom is 0.240 e. The molecule has 0 bridgehead atoms. The smallest absolute Gasteiger partial charge is 0.240 e. The van der Waals surface area contributed by atoms with E-state index >= 15 is 0 Å². The van der Waals surface area contributed by atoms with Gasteiger partial charge in [0.05, 0.1) is 24.7 Å². The third-order valence-corrected chi connectivity index (χ3v) is 6.58. The maximum absolute atomic E-state index is 12.7. The van der Waals surface area contributed by atoms with Crippen LogP contribution in [0.25, 0.3) is 0 Å². The molecule has 1 aliphatic carbocycles. The lowest BCUT2D eigenvalue weighted by Crippen LogP contribution is -2.37. The lowest BCUT2D eigenvalue weighted by Gasteiger charge is -2.31. The van der Waals surface area contributed by atoms with Crippen molar-refractivity contribution >= 4 is 10.0 Å². The van der Waals surface area contributed by atoms with Crippen LogP contribution in [0.1, 0.15) is 43.2 Å². The highest BCUT2D eigenvalue weighted by Crippen LogP contribution is 2.37. The predicted octanol–water partition coefficient (Wildman–Crippen LogP) is 2.67. The predicted molar refractivity (Wildman–Crippen MR) is 94.3 cm³/mol. The third kappa shape index (κ3) is 4.00. The molecule has 3 rings (SSSR count). The Morgan fingerprint density at radius 3 is 2.60 bits per heavy atom. The first-order valence-electron chi connectivity index (χ1n) is 8.82. The van der Waals surface area contributed by atoms with Crippen LogP contribution in [0.3, 0.4) is 0 Å². The second kappa shape index (κ2) is 7.23. The summed E-state index contributed by atoms with van der Waals surface area (Å²) in [6.07, 6.45) is 4.96. The van der Waals surface area contributed by atoms with E-state index in [4.69, 9.17) is 14.2 Å². The van der Waals surface area contributed by atoms with Gasteiger partial charge in [-0.15, -0.1) is 0 Å². The number of methoxy groups -OCH3 is 1. The van der Waals surface area contributed by atoms with E-state index in [1.165, 1.54) is 6.42 Å². The summed E-state index contributed by atoms with van der Waals surface area (Å²) in [7, 11) is -2.03. The first-order chi connectivity index (χ1) is 11.9. The summed E-state index contributed by atoms with van der Waals surface area (Å²) in [5.41, 5.74) is 1.44. The van der Waals surface area contributed by atoms with Crippen LogP contribution in [0.15, 0.2) is 17.0 Å². The summed E-state index contributed by atoms with van der Waals surface area (Å²) in [6.45, 7) is 4.25. The summed E-state index contributed by atoms with van der Waals surface area (Å²) in [6, 6.07) is 3.39. The molecule has 1 spiro atoms. The average molecular weight is 369 g/mol. The Morgan fingerprint density at radius 1 is 1.20 bits per heavy atom. The second-order valence-corrected chi connectivity index (χ2v) is 8.70. The van der Waals surface area contributed by atoms with Gasteiger partial charge in [0, 0.05) is 19.4 Å². The van der Waals surface area contributed by atoms with Crippen molar-refractivity contribution in [1.82, 2.24) is 4.72 Å². The monoisotopic (exact) mass is 369 g/mol. The van der Waals surface area contributed by atoms with Gasteiger partial charge in [-0.3, -0.25) is 0 Å². The van der Waals surface area contributed by atoms with Crippen LogP contribution in [0.2, 0.25) is 0 Å². The molecule has 0 radical (unpaired) electrons. The van der Waals surface area contributed by atoms with Gasteiger partial charge in [0.15, 0.2) is 5.79 Å². The van der Waals surface area contributed by atoms with Crippen LogP contribution in [0.4, 0.5) is 0 Å². The van der Waals surface area contributed by atoms with E-state index in [9.17, 15) is 8.42 Å². The first kappa shape index (κ1) is 18.6.